The van der Waals surface area contributed by atoms with Crippen molar-refractivity contribution in [3.8, 4) is 0 Å². The zero-order valence-corrected chi connectivity index (χ0v) is 12.1. The van der Waals surface area contributed by atoms with Crippen molar-refractivity contribution in [1.82, 2.24) is 4.98 Å². The molecule has 1 aliphatic rings. The number of ether oxygens (including phenoxy) is 1. The summed E-state index contributed by atoms with van der Waals surface area (Å²) in [6.45, 7) is 2.48. The number of anilines is 1. The van der Waals surface area contributed by atoms with Gasteiger partial charge >= 0.3 is 5.97 Å². The molecular weight excluding hydrogens is 292 g/mol. The molecule has 21 heavy (non-hydrogen) atoms. The molecule has 110 valence electrons. The second kappa shape index (κ2) is 5.42. The third kappa shape index (κ3) is 2.74. The number of amides is 1. The molecule has 1 saturated heterocycles. The van der Waals surface area contributed by atoms with Crippen molar-refractivity contribution < 1.29 is 19.4 Å². The number of hydrogen-bond donors (Lipinski definition) is 2. The lowest BCUT2D eigenvalue weighted by atomic mass is 10.0. The SMILES string of the molecule is CC1OCCC1C(=O)Nc1nc2ccc(C(=O)O)cc2s1. The summed E-state index contributed by atoms with van der Waals surface area (Å²) < 4.78 is 6.12. The van der Waals surface area contributed by atoms with E-state index in [1.165, 1.54) is 17.4 Å². The number of nitrogens with zero attached hydrogens (tertiary/aromatic N) is 1. The number of carboxylic acid groups (broad SMARTS) is 1. The summed E-state index contributed by atoms with van der Waals surface area (Å²) in [5.41, 5.74) is 0.887. The highest BCUT2D eigenvalue weighted by atomic mass is 32.1. The van der Waals surface area contributed by atoms with Crippen LogP contribution in [0, 0.1) is 5.92 Å². The highest BCUT2D eigenvalue weighted by molar-refractivity contribution is 7.22. The van der Waals surface area contributed by atoms with Crippen LogP contribution in [0.3, 0.4) is 0 Å². The Balaban J connectivity index is 1.81. The van der Waals surface area contributed by atoms with Crippen molar-refractivity contribution in [2.45, 2.75) is 19.4 Å². The Hall–Kier alpha value is -1.99. The molecule has 6 nitrogen and oxygen atoms in total. The van der Waals surface area contributed by atoms with E-state index in [0.29, 0.717) is 23.7 Å². The fourth-order valence-electron chi connectivity index (χ4n) is 2.39. The van der Waals surface area contributed by atoms with Gasteiger partial charge in [-0.1, -0.05) is 11.3 Å². The van der Waals surface area contributed by atoms with Gasteiger partial charge in [-0.3, -0.25) is 4.79 Å². The average molecular weight is 306 g/mol. The number of carboxylic acids is 1. The number of hydrogen-bond acceptors (Lipinski definition) is 5. The zero-order valence-electron chi connectivity index (χ0n) is 11.3. The lowest BCUT2D eigenvalue weighted by molar-refractivity contribution is -0.121. The third-order valence-electron chi connectivity index (χ3n) is 3.58. The molecule has 2 N–H and O–H groups in total. The largest absolute Gasteiger partial charge is 0.478 e. The van der Waals surface area contributed by atoms with Crippen LogP contribution in [0.15, 0.2) is 18.2 Å². The van der Waals surface area contributed by atoms with Gasteiger partial charge in [0.1, 0.15) is 0 Å². The fourth-order valence-corrected chi connectivity index (χ4v) is 3.29. The maximum Gasteiger partial charge on any atom is 0.335 e. The first-order valence-corrected chi connectivity index (χ1v) is 7.42. The van der Waals surface area contributed by atoms with Gasteiger partial charge < -0.3 is 15.2 Å². The van der Waals surface area contributed by atoms with Gasteiger partial charge in [0.2, 0.25) is 5.91 Å². The molecule has 2 atom stereocenters. The van der Waals surface area contributed by atoms with Crippen molar-refractivity contribution in [2.24, 2.45) is 5.92 Å². The Kier molecular flexibility index (Phi) is 3.60. The molecule has 1 aromatic heterocycles. The minimum Gasteiger partial charge on any atom is -0.478 e. The molecule has 0 radical (unpaired) electrons. The van der Waals surface area contributed by atoms with E-state index in [2.05, 4.69) is 10.3 Å². The van der Waals surface area contributed by atoms with Crippen LogP contribution in [0.25, 0.3) is 10.2 Å². The number of thiazole rings is 1. The summed E-state index contributed by atoms with van der Waals surface area (Å²) in [6.07, 6.45) is 0.624. The number of carbonyl (C=O) groups excluding carboxylic acids is 1. The van der Waals surface area contributed by atoms with Crippen LogP contribution in [-0.4, -0.2) is 34.7 Å². The van der Waals surface area contributed by atoms with E-state index in [0.717, 1.165) is 4.70 Å². The van der Waals surface area contributed by atoms with Crippen LogP contribution >= 0.6 is 11.3 Å². The van der Waals surface area contributed by atoms with Gasteiger partial charge in [0.15, 0.2) is 5.13 Å². The van der Waals surface area contributed by atoms with E-state index in [1.54, 1.807) is 12.1 Å². The van der Waals surface area contributed by atoms with Crippen molar-refractivity contribution in [1.29, 1.82) is 0 Å². The van der Waals surface area contributed by atoms with Gasteiger partial charge in [0.05, 0.1) is 27.8 Å². The highest BCUT2D eigenvalue weighted by Gasteiger charge is 2.31. The van der Waals surface area contributed by atoms with Gasteiger partial charge in [0, 0.05) is 6.61 Å². The van der Waals surface area contributed by atoms with Crippen molar-refractivity contribution in [3.05, 3.63) is 23.8 Å². The van der Waals surface area contributed by atoms with Crippen molar-refractivity contribution >= 4 is 38.6 Å². The Bertz CT molecular complexity index is 712. The van der Waals surface area contributed by atoms with E-state index in [4.69, 9.17) is 9.84 Å². The Morgan fingerprint density at radius 2 is 2.29 bits per heavy atom. The van der Waals surface area contributed by atoms with E-state index >= 15 is 0 Å². The number of fused-ring (bicyclic) bond motifs is 1. The predicted octanol–water partition coefficient (Wildman–Crippen LogP) is 2.36. The zero-order chi connectivity index (χ0) is 15.0. The molecule has 0 saturated carbocycles. The lowest BCUT2D eigenvalue weighted by Crippen LogP contribution is -2.27. The number of aromatic nitrogens is 1. The molecule has 0 aliphatic carbocycles. The van der Waals surface area contributed by atoms with E-state index in [1.807, 2.05) is 6.92 Å². The van der Waals surface area contributed by atoms with Crippen LogP contribution in [0.2, 0.25) is 0 Å². The van der Waals surface area contributed by atoms with Crippen LogP contribution < -0.4 is 5.32 Å². The normalized spacial score (nSPS) is 21.6. The first kappa shape index (κ1) is 14.0. The van der Waals surface area contributed by atoms with Gasteiger partial charge in [-0.15, -0.1) is 0 Å². The second-order valence-electron chi connectivity index (χ2n) is 4.97. The number of rotatable bonds is 3. The first-order chi connectivity index (χ1) is 10.0. The molecule has 1 fully saturated rings. The van der Waals surface area contributed by atoms with Crippen LogP contribution in [-0.2, 0) is 9.53 Å². The van der Waals surface area contributed by atoms with Gasteiger partial charge in [-0.2, -0.15) is 0 Å². The summed E-state index contributed by atoms with van der Waals surface area (Å²) in [7, 11) is 0. The maximum absolute atomic E-state index is 12.2. The fraction of sp³-hybridized carbons (Fsp3) is 0.357. The predicted molar refractivity (Wildman–Crippen MR) is 78.7 cm³/mol. The smallest absolute Gasteiger partial charge is 0.335 e. The summed E-state index contributed by atoms with van der Waals surface area (Å²) in [6, 6.07) is 4.71. The van der Waals surface area contributed by atoms with Gasteiger partial charge in [-0.05, 0) is 31.5 Å². The van der Waals surface area contributed by atoms with E-state index in [9.17, 15) is 9.59 Å². The second-order valence-corrected chi connectivity index (χ2v) is 6.00. The Morgan fingerprint density at radius 1 is 1.48 bits per heavy atom. The minimum absolute atomic E-state index is 0.0852. The summed E-state index contributed by atoms with van der Waals surface area (Å²) >= 11 is 1.27. The van der Waals surface area contributed by atoms with Crippen molar-refractivity contribution in [3.63, 3.8) is 0 Å². The van der Waals surface area contributed by atoms with Crippen LogP contribution in [0.1, 0.15) is 23.7 Å². The molecule has 7 heteroatoms. The summed E-state index contributed by atoms with van der Waals surface area (Å²) in [5, 5.41) is 12.2. The monoisotopic (exact) mass is 306 g/mol. The summed E-state index contributed by atoms with van der Waals surface area (Å²) in [5.74, 6) is -1.24. The number of benzene rings is 1. The van der Waals surface area contributed by atoms with E-state index in [-0.39, 0.29) is 23.5 Å². The molecule has 2 unspecified atom stereocenters. The standard InChI is InChI=1S/C14H14N2O4S/c1-7-9(4-5-20-7)12(17)16-14-15-10-3-2-8(13(18)19)6-11(10)21-14/h2-3,6-7,9H,4-5H2,1H3,(H,18,19)(H,15,16,17). The lowest BCUT2D eigenvalue weighted by Gasteiger charge is -2.12. The average Bonchev–Trinajstić information content (AvgIpc) is 3.02. The van der Waals surface area contributed by atoms with Crippen LogP contribution in [0.4, 0.5) is 5.13 Å². The van der Waals surface area contributed by atoms with Crippen LogP contribution in [0.5, 0.6) is 0 Å². The molecule has 1 aliphatic heterocycles. The molecular formula is C14H14N2O4S. The Morgan fingerprint density at radius 3 is 2.95 bits per heavy atom. The quantitative estimate of drug-likeness (QED) is 0.908. The maximum atomic E-state index is 12.2. The molecule has 0 bridgehead atoms. The molecule has 1 amide bonds. The van der Waals surface area contributed by atoms with Gasteiger partial charge in [0.25, 0.3) is 0 Å². The molecule has 0 spiro atoms. The third-order valence-corrected chi connectivity index (χ3v) is 4.51. The van der Waals surface area contributed by atoms with E-state index < -0.39 is 5.97 Å². The molecule has 1 aromatic carbocycles. The Labute approximate surface area is 124 Å². The van der Waals surface area contributed by atoms with Crippen molar-refractivity contribution in [2.75, 3.05) is 11.9 Å². The first-order valence-electron chi connectivity index (χ1n) is 6.61. The number of aromatic carboxylic acids is 1. The number of carbonyl (C=O) groups is 2. The molecule has 3 rings (SSSR count). The summed E-state index contributed by atoms with van der Waals surface area (Å²) in [4.78, 5) is 27.4. The topological polar surface area (TPSA) is 88.5 Å². The molecule has 2 aromatic rings. The number of nitrogens with one attached hydrogen (secondary N) is 1. The highest BCUT2D eigenvalue weighted by Crippen LogP contribution is 2.28. The van der Waals surface area contributed by atoms with Gasteiger partial charge in [-0.25, -0.2) is 9.78 Å². The molecule has 2 heterocycles. The minimum atomic E-state index is -0.979.